The lowest BCUT2D eigenvalue weighted by molar-refractivity contribution is -0.393. The van der Waals surface area contributed by atoms with Gasteiger partial charge in [0.05, 0.1) is 0 Å². The van der Waals surface area contributed by atoms with Gasteiger partial charge in [0.15, 0.2) is 5.03 Å². The van der Waals surface area contributed by atoms with Crippen molar-refractivity contribution < 1.29 is 14.8 Å². The highest BCUT2D eigenvalue weighted by Crippen LogP contribution is 2.38. The van der Waals surface area contributed by atoms with E-state index in [4.69, 9.17) is 5.11 Å². The average molecular weight is 287 g/mol. The second-order valence-corrected chi connectivity index (χ2v) is 6.46. The van der Waals surface area contributed by atoms with Crippen molar-refractivity contribution in [3.8, 4) is 0 Å². The van der Waals surface area contributed by atoms with Crippen LogP contribution in [-0.2, 0) is 4.79 Å². The van der Waals surface area contributed by atoms with E-state index >= 15 is 0 Å². The third-order valence-electron chi connectivity index (χ3n) is 2.25. The van der Waals surface area contributed by atoms with Crippen LogP contribution in [0.25, 0.3) is 4.96 Å². The van der Waals surface area contributed by atoms with Gasteiger partial charge in [0.2, 0.25) is 0 Å². The van der Waals surface area contributed by atoms with Crippen LogP contribution in [-0.4, -0.2) is 30.1 Å². The Morgan fingerprint density at radius 3 is 2.89 bits per heavy atom. The van der Waals surface area contributed by atoms with Crippen LogP contribution in [0.5, 0.6) is 0 Å². The third-order valence-corrected chi connectivity index (χ3v) is 4.15. The van der Waals surface area contributed by atoms with E-state index in [1.54, 1.807) is 11.6 Å². The Labute approximate surface area is 110 Å². The first-order chi connectivity index (χ1) is 8.33. The van der Waals surface area contributed by atoms with Crippen LogP contribution in [0.3, 0.4) is 0 Å². The molecule has 0 bridgehead atoms. The van der Waals surface area contributed by atoms with Gasteiger partial charge in [-0.2, -0.15) is 9.38 Å². The molecule has 1 N–H and O–H groups in total. The topological polar surface area (TPSA) is 97.7 Å². The van der Waals surface area contributed by atoms with Crippen LogP contribution in [0, 0.1) is 10.1 Å². The molecule has 2 rings (SSSR count). The molecule has 0 saturated carbocycles. The highest BCUT2D eigenvalue weighted by Gasteiger charge is 2.34. The number of nitro groups is 1. The van der Waals surface area contributed by atoms with E-state index in [0.717, 1.165) is 11.8 Å². The summed E-state index contributed by atoms with van der Waals surface area (Å²) >= 11 is 2.13. The first kappa shape index (κ1) is 12.8. The van der Waals surface area contributed by atoms with E-state index in [1.807, 2.05) is 0 Å². The predicted octanol–water partition coefficient (Wildman–Crippen LogP) is 2.26. The summed E-state index contributed by atoms with van der Waals surface area (Å²) < 4.78 is 0.180. The summed E-state index contributed by atoms with van der Waals surface area (Å²) in [4.78, 5) is 26.1. The lowest BCUT2D eigenvalue weighted by Gasteiger charge is -2.16. The number of nitrogens with zero attached hydrogens (tertiary/aromatic N) is 3. The third kappa shape index (κ3) is 2.06. The predicted molar refractivity (Wildman–Crippen MR) is 67.3 cm³/mol. The minimum Gasteiger partial charge on any atom is -0.480 e. The number of rotatable bonds is 4. The van der Waals surface area contributed by atoms with Crippen LogP contribution in [0.4, 0.5) is 5.82 Å². The molecule has 9 heteroatoms. The molecule has 2 aromatic rings. The average Bonchev–Trinajstić information content (AvgIpc) is 2.75. The molecule has 0 aromatic carbocycles. The highest BCUT2D eigenvalue weighted by molar-refractivity contribution is 8.01. The standard InChI is InChI=1S/C9H9N3O4S2/c1-9(2,7(13)14)18-5-6(12(15)16)11-3-4-17-8(11)10-5/h3-4H,1-2H3,(H,13,14). The Morgan fingerprint density at radius 2 is 2.33 bits per heavy atom. The normalized spacial score (nSPS) is 11.9. The molecule has 0 unspecified atom stereocenters. The lowest BCUT2D eigenvalue weighted by atomic mass is 10.2. The van der Waals surface area contributed by atoms with Gasteiger partial charge in [-0.05, 0) is 18.8 Å². The smallest absolute Gasteiger partial charge is 0.362 e. The molecule has 96 valence electrons. The Hall–Kier alpha value is -1.61. The first-order valence-electron chi connectivity index (χ1n) is 4.85. The molecule has 0 aliphatic rings. The number of carboxylic acid groups (broad SMARTS) is 1. The summed E-state index contributed by atoms with van der Waals surface area (Å²) in [5, 5.41) is 21.9. The molecule has 0 atom stereocenters. The number of hydrogen-bond acceptors (Lipinski definition) is 6. The van der Waals surface area contributed by atoms with Crippen LogP contribution in [0.1, 0.15) is 13.8 Å². The van der Waals surface area contributed by atoms with Gasteiger partial charge in [0, 0.05) is 5.38 Å². The number of hydrogen-bond donors (Lipinski definition) is 1. The Kier molecular flexibility index (Phi) is 3.03. The van der Waals surface area contributed by atoms with Gasteiger partial charge in [-0.1, -0.05) is 23.1 Å². The van der Waals surface area contributed by atoms with E-state index in [-0.39, 0.29) is 10.8 Å². The molecule has 18 heavy (non-hydrogen) atoms. The van der Waals surface area contributed by atoms with Crippen molar-refractivity contribution in [3.05, 3.63) is 21.7 Å². The fraction of sp³-hybridized carbons (Fsp3) is 0.333. The number of carboxylic acids is 1. The number of aromatic nitrogens is 2. The molecule has 2 heterocycles. The summed E-state index contributed by atoms with van der Waals surface area (Å²) in [6.45, 7) is 2.97. The second kappa shape index (κ2) is 4.25. The highest BCUT2D eigenvalue weighted by atomic mass is 32.2. The lowest BCUT2D eigenvalue weighted by Crippen LogP contribution is -2.27. The maximum absolute atomic E-state index is 11.0. The van der Waals surface area contributed by atoms with Crippen molar-refractivity contribution in [1.29, 1.82) is 0 Å². The van der Waals surface area contributed by atoms with Gasteiger partial charge >= 0.3 is 11.8 Å². The second-order valence-electron chi connectivity index (χ2n) is 3.97. The summed E-state index contributed by atoms with van der Waals surface area (Å²) in [7, 11) is 0. The number of fused-ring (bicyclic) bond motifs is 1. The zero-order valence-electron chi connectivity index (χ0n) is 9.48. The zero-order chi connectivity index (χ0) is 13.5. The number of carbonyl (C=O) groups is 1. The van der Waals surface area contributed by atoms with E-state index in [2.05, 4.69) is 4.98 Å². The minimum atomic E-state index is -1.17. The molecule has 0 radical (unpaired) electrons. The van der Waals surface area contributed by atoms with Crippen LogP contribution >= 0.6 is 23.1 Å². The van der Waals surface area contributed by atoms with Gasteiger partial charge in [-0.3, -0.25) is 4.79 Å². The van der Waals surface area contributed by atoms with Gasteiger partial charge in [-0.15, -0.1) is 0 Å². The van der Waals surface area contributed by atoms with Gasteiger partial charge in [0.1, 0.15) is 10.9 Å². The summed E-state index contributed by atoms with van der Waals surface area (Å²) in [6, 6.07) is 0. The maximum Gasteiger partial charge on any atom is 0.362 e. The minimum absolute atomic E-state index is 0.124. The Morgan fingerprint density at radius 1 is 1.67 bits per heavy atom. The molecule has 0 amide bonds. The number of thioether (sulfide) groups is 1. The zero-order valence-corrected chi connectivity index (χ0v) is 11.1. The molecule has 0 aliphatic carbocycles. The summed E-state index contributed by atoms with van der Waals surface area (Å²) in [5.74, 6) is -1.23. The molecule has 7 nitrogen and oxygen atoms in total. The van der Waals surface area contributed by atoms with Crippen molar-refractivity contribution in [2.75, 3.05) is 0 Å². The SMILES string of the molecule is CC(C)(Sc1nc2sccn2c1[N+](=O)[O-])C(=O)O. The maximum atomic E-state index is 11.0. The number of thiazole rings is 1. The van der Waals surface area contributed by atoms with E-state index in [0.29, 0.717) is 4.96 Å². The first-order valence-corrected chi connectivity index (χ1v) is 6.55. The monoisotopic (exact) mass is 287 g/mol. The van der Waals surface area contributed by atoms with Gasteiger partial charge < -0.3 is 15.2 Å². The molecule has 0 aliphatic heterocycles. The van der Waals surface area contributed by atoms with Crippen molar-refractivity contribution in [3.63, 3.8) is 0 Å². The van der Waals surface area contributed by atoms with E-state index in [9.17, 15) is 14.9 Å². The van der Waals surface area contributed by atoms with Gasteiger partial charge in [0.25, 0.3) is 4.96 Å². The number of imidazole rings is 1. The molecular formula is C9H9N3O4S2. The molecular weight excluding hydrogens is 278 g/mol. The Bertz CT molecular complexity index is 631. The van der Waals surface area contributed by atoms with Crippen molar-refractivity contribution >= 4 is 39.8 Å². The summed E-state index contributed by atoms with van der Waals surface area (Å²) in [6.07, 6.45) is 1.54. The van der Waals surface area contributed by atoms with Crippen molar-refractivity contribution in [1.82, 2.24) is 9.38 Å². The summed E-state index contributed by atoms with van der Waals surface area (Å²) in [5.41, 5.74) is 0. The van der Waals surface area contributed by atoms with Crippen LogP contribution in [0.2, 0.25) is 0 Å². The van der Waals surface area contributed by atoms with Gasteiger partial charge in [-0.25, -0.2) is 0 Å². The molecule has 0 saturated heterocycles. The van der Waals surface area contributed by atoms with Crippen molar-refractivity contribution in [2.45, 2.75) is 23.6 Å². The molecule has 0 fully saturated rings. The molecule has 0 spiro atoms. The van der Waals surface area contributed by atoms with Crippen LogP contribution < -0.4 is 0 Å². The van der Waals surface area contributed by atoms with Crippen LogP contribution in [0.15, 0.2) is 16.6 Å². The van der Waals surface area contributed by atoms with Crippen molar-refractivity contribution in [2.24, 2.45) is 0 Å². The molecule has 2 aromatic heterocycles. The fourth-order valence-corrected chi connectivity index (χ4v) is 3.01. The van der Waals surface area contributed by atoms with E-state index < -0.39 is 15.6 Å². The fourth-order valence-electron chi connectivity index (χ4n) is 1.27. The quantitative estimate of drug-likeness (QED) is 0.526. The van der Waals surface area contributed by atoms with E-state index in [1.165, 1.54) is 29.6 Å². The Balaban J connectivity index is 2.51. The largest absolute Gasteiger partial charge is 0.480 e. The number of aliphatic carboxylic acids is 1.